The van der Waals surface area contributed by atoms with Crippen LogP contribution in [0.15, 0.2) is 48.5 Å². The van der Waals surface area contributed by atoms with Crippen molar-refractivity contribution >= 4 is 22.6 Å². The number of ether oxygens (including phenoxy) is 1. The molecular weight excluding hydrogens is 272 g/mol. The van der Waals surface area contributed by atoms with Gasteiger partial charge in [-0.25, -0.2) is 9.97 Å². The summed E-state index contributed by atoms with van der Waals surface area (Å²) in [5, 5.41) is 0.409. The summed E-state index contributed by atoms with van der Waals surface area (Å²) in [5.74, 6) is 0.660. The molecule has 3 aromatic rings. The minimum absolute atomic E-state index is 0.409. The first-order valence-electron chi connectivity index (χ1n) is 6.33. The molecule has 0 saturated carbocycles. The molecule has 100 valence electrons. The Morgan fingerprint density at radius 1 is 1.05 bits per heavy atom. The first-order valence-corrected chi connectivity index (χ1v) is 6.71. The highest BCUT2D eigenvalue weighted by Gasteiger charge is 2.08. The molecule has 1 aromatic carbocycles. The predicted octanol–water partition coefficient (Wildman–Crippen LogP) is 4.17. The molecular formula is C16H13ClN2O. The Kier molecular flexibility index (Phi) is 3.52. The summed E-state index contributed by atoms with van der Waals surface area (Å²) in [6, 6.07) is 15.5. The summed E-state index contributed by atoms with van der Waals surface area (Å²) in [6.45, 7) is 2.42. The Morgan fingerprint density at radius 2 is 1.85 bits per heavy atom. The Bertz CT molecular complexity index is 744. The van der Waals surface area contributed by atoms with Crippen molar-refractivity contribution < 1.29 is 4.74 Å². The summed E-state index contributed by atoms with van der Waals surface area (Å²) in [7, 11) is 0. The first-order chi connectivity index (χ1) is 9.72. The maximum absolute atomic E-state index is 6.03. The second kappa shape index (κ2) is 5.47. The largest absolute Gasteiger partial charge is 0.486 e. The molecule has 20 heavy (non-hydrogen) atoms. The summed E-state index contributed by atoms with van der Waals surface area (Å²) < 4.78 is 5.85. The molecule has 0 atom stereocenters. The molecule has 0 radical (unpaired) electrons. The van der Waals surface area contributed by atoms with Crippen molar-refractivity contribution in [3.8, 4) is 5.75 Å². The van der Waals surface area contributed by atoms with Crippen LogP contribution in [0.2, 0.25) is 5.15 Å². The zero-order chi connectivity index (χ0) is 13.9. The van der Waals surface area contributed by atoms with Crippen LogP contribution in [-0.2, 0) is 6.61 Å². The molecule has 3 rings (SSSR count). The van der Waals surface area contributed by atoms with Gasteiger partial charge < -0.3 is 4.74 Å². The summed E-state index contributed by atoms with van der Waals surface area (Å²) in [4.78, 5) is 8.74. The summed E-state index contributed by atoms with van der Waals surface area (Å²) in [6.07, 6.45) is 0. The molecule has 0 aliphatic rings. The number of hydrogen-bond acceptors (Lipinski definition) is 3. The van der Waals surface area contributed by atoms with E-state index in [1.165, 1.54) is 0 Å². The third-order valence-corrected chi connectivity index (χ3v) is 3.15. The third-order valence-electron chi connectivity index (χ3n) is 2.96. The van der Waals surface area contributed by atoms with Gasteiger partial charge in [-0.2, -0.15) is 0 Å². The second-order valence-electron chi connectivity index (χ2n) is 4.54. The van der Waals surface area contributed by atoms with E-state index in [1.807, 2.05) is 49.4 Å². The van der Waals surface area contributed by atoms with Crippen molar-refractivity contribution in [3.05, 3.63) is 64.9 Å². The van der Waals surface area contributed by atoms with Crippen LogP contribution >= 0.6 is 11.6 Å². The Labute approximate surface area is 122 Å². The van der Waals surface area contributed by atoms with Crippen molar-refractivity contribution in [1.82, 2.24) is 9.97 Å². The fraction of sp³-hybridized carbons (Fsp3) is 0.125. The lowest BCUT2D eigenvalue weighted by Crippen LogP contribution is -1.98. The number of nitrogens with zero attached hydrogens (tertiary/aromatic N) is 2. The van der Waals surface area contributed by atoms with E-state index in [0.717, 1.165) is 22.3 Å². The van der Waals surface area contributed by atoms with Crippen LogP contribution in [0.3, 0.4) is 0 Å². The van der Waals surface area contributed by atoms with Crippen molar-refractivity contribution in [3.63, 3.8) is 0 Å². The van der Waals surface area contributed by atoms with E-state index in [9.17, 15) is 0 Å². The fourth-order valence-electron chi connectivity index (χ4n) is 1.99. The lowest BCUT2D eigenvalue weighted by Gasteiger charge is -2.09. The number of benzene rings is 1. The van der Waals surface area contributed by atoms with Crippen LogP contribution in [0.5, 0.6) is 5.75 Å². The molecule has 4 heteroatoms. The lowest BCUT2D eigenvalue weighted by molar-refractivity contribution is 0.309. The van der Waals surface area contributed by atoms with Gasteiger partial charge in [0.25, 0.3) is 0 Å². The molecule has 0 unspecified atom stereocenters. The molecule has 0 spiro atoms. The zero-order valence-electron chi connectivity index (χ0n) is 11.0. The number of hydrogen-bond donors (Lipinski definition) is 0. The topological polar surface area (TPSA) is 35.0 Å². The minimum Gasteiger partial charge on any atom is -0.486 e. The average molecular weight is 285 g/mol. The Hall–Kier alpha value is -2.13. The van der Waals surface area contributed by atoms with Gasteiger partial charge in [0, 0.05) is 11.8 Å². The van der Waals surface area contributed by atoms with Gasteiger partial charge in [0.2, 0.25) is 0 Å². The monoisotopic (exact) mass is 284 g/mol. The highest BCUT2D eigenvalue weighted by Crippen LogP contribution is 2.26. The van der Waals surface area contributed by atoms with Crippen molar-refractivity contribution in [2.75, 3.05) is 0 Å². The summed E-state index contributed by atoms with van der Waals surface area (Å²) in [5.41, 5.74) is 3.50. The van der Waals surface area contributed by atoms with E-state index in [1.54, 1.807) is 6.07 Å². The van der Waals surface area contributed by atoms with Crippen LogP contribution in [0, 0.1) is 6.92 Å². The van der Waals surface area contributed by atoms with Crippen molar-refractivity contribution in [1.29, 1.82) is 0 Å². The SMILES string of the molecule is Cc1ccc2nc(Cl)cc(OCc3ccccc3)c2n1. The van der Waals surface area contributed by atoms with Gasteiger partial charge in [0.1, 0.15) is 17.3 Å². The quantitative estimate of drug-likeness (QED) is 0.677. The van der Waals surface area contributed by atoms with Gasteiger partial charge in [0.15, 0.2) is 5.75 Å². The zero-order valence-corrected chi connectivity index (χ0v) is 11.8. The van der Waals surface area contributed by atoms with Gasteiger partial charge in [0.05, 0.1) is 5.52 Å². The highest BCUT2D eigenvalue weighted by atomic mass is 35.5. The van der Waals surface area contributed by atoms with Crippen LogP contribution in [0.1, 0.15) is 11.3 Å². The van der Waals surface area contributed by atoms with Crippen LogP contribution < -0.4 is 4.74 Å². The number of aromatic nitrogens is 2. The highest BCUT2D eigenvalue weighted by molar-refractivity contribution is 6.30. The van der Waals surface area contributed by atoms with E-state index >= 15 is 0 Å². The standard InChI is InChI=1S/C16H13ClN2O/c1-11-7-8-13-16(18-11)14(9-15(17)19-13)20-10-12-5-3-2-4-6-12/h2-9H,10H2,1H3. The maximum Gasteiger partial charge on any atom is 0.150 e. The Balaban J connectivity index is 1.96. The molecule has 0 aliphatic heterocycles. The smallest absolute Gasteiger partial charge is 0.150 e. The second-order valence-corrected chi connectivity index (χ2v) is 4.93. The maximum atomic E-state index is 6.03. The predicted molar refractivity (Wildman–Crippen MR) is 80.1 cm³/mol. The molecule has 3 nitrogen and oxygen atoms in total. The van der Waals surface area contributed by atoms with E-state index in [-0.39, 0.29) is 0 Å². The molecule has 0 N–H and O–H groups in total. The van der Waals surface area contributed by atoms with Crippen molar-refractivity contribution in [2.24, 2.45) is 0 Å². The number of halogens is 1. The van der Waals surface area contributed by atoms with Crippen LogP contribution in [0.25, 0.3) is 11.0 Å². The van der Waals surface area contributed by atoms with Gasteiger partial charge in [-0.1, -0.05) is 41.9 Å². The van der Waals surface area contributed by atoms with Gasteiger partial charge in [-0.15, -0.1) is 0 Å². The summed E-state index contributed by atoms with van der Waals surface area (Å²) >= 11 is 6.03. The normalized spacial score (nSPS) is 10.7. The molecule has 0 amide bonds. The molecule has 0 fully saturated rings. The minimum atomic E-state index is 0.409. The molecule has 0 aliphatic carbocycles. The molecule has 2 aromatic heterocycles. The molecule has 2 heterocycles. The first kappa shape index (κ1) is 12.9. The van der Waals surface area contributed by atoms with E-state index in [2.05, 4.69) is 9.97 Å². The average Bonchev–Trinajstić information content (AvgIpc) is 2.46. The van der Waals surface area contributed by atoms with Gasteiger partial charge in [-0.05, 0) is 24.6 Å². The van der Waals surface area contributed by atoms with E-state index in [0.29, 0.717) is 17.5 Å². The number of rotatable bonds is 3. The van der Waals surface area contributed by atoms with Crippen molar-refractivity contribution in [2.45, 2.75) is 13.5 Å². The molecule has 0 saturated heterocycles. The number of fused-ring (bicyclic) bond motifs is 1. The lowest BCUT2D eigenvalue weighted by atomic mass is 10.2. The van der Waals surface area contributed by atoms with E-state index in [4.69, 9.17) is 16.3 Å². The third kappa shape index (κ3) is 2.73. The van der Waals surface area contributed by atoms with Crippen LogP contribution in [0.4, 0.5) is 0 Å². The Morgan fingerprint density at radius 3 is 2.65 bits per heavy atom. The number of aryl methyl sites for hydroxylation is 1. The fourth-order valence-corrected chi connectivity index (χ4v) is 2.18. The van der Waals surface area contributed by atoms with E-state index < -0.39 is 0 Å². The van der Waals surface area contributed by atoms with Gasteiger partial charge >= 0.3 is 0 Å². The van der Waals surface area contributed by atoms with Gasteiger partial charge in [-0.3, -0.25) is 0 Å². The van der Waals surface area contributed by atoms with Crippen LogP contribution in [-0.4, -0.2) is 9.97 Å². The number of pyridine rings is 2. The molecule has 0 bridgehead atoms.